The molecule has 0 amide bonds. The van der Waals surface area contributed by atoms with Crippen LogP contribution in [0.5, 0.6) is 0 Å². The first kappa shape index (κ1) is 23.9. The van der Waals surface area contributed by atoms with Crippen molar-refractivity contribution in [1.82, 2.24) is 0 Å². The molecule has 3 atom stereocenters. The Labute approximate surface area is 179 Å². The summed E-state index contributed by atoms with van der Waals surface area (Å²) in [4.78, 5) is 17.9. The molecule has 0 spiro atoms. The van der Waals surface area contributed by atoms with E-state index >= 15 is 0 Å². The highest BCUT2D eigenvalue weighted by molar-refractivity contribution is 7.92. The maximum atomic E-state index is 12.3. The van der Waals surface area contributed by atoms with Crippen molar-refractivity contribution in [3.63, 3.8) is 0 Å². The van der Waals surface area contributed by atoms with Crippen molar-refractivity contribution in [2.24, 2.45) is 11.1 Å². The van der Waals surface area contributed by atoms with Gasteiger partial charge in [0.05, 0.1) is 12.3 Å². The number of carbonyl (C=O) groups excluding carboxylic acids is 1. The number of carbonyl (C=O) groups is 1. The Morgan fingerprint density at radius 1 is 1.33 bits per heavy atom. The Morgan fingerprint density at radius 2 is 2.00 bits per heavy atom. The van der Waals surface area contributed by atoms with Crippen LogP contribution in [0.1, 0.15) is 64.5 Å². The van der Waals surface area contributed by atoms with Crippen LogP contribution in [-0.2, 0) is 24.2 Å². The van der Waals surface area contributed by atoms with Gasteiger partial charge < -0.3 is 9.57 Å². The third-order valence-electron chi connectivity index (χ3n) is 5.45. The zero-order valence-corrected chi connectivity index (χ0v) is 19.2. The van der Waals surface area contributed by atoms with E-state index in [2.05, 4.69) is 30.8 Å². The molecule has 164 valence electrons. The number of nitrogens with zero attached hydrogens (tertiary/aromatic N) is 1. The number of oxime groups is 1. The van der Waals surface area contributed by atoms with Crippen molar-refractivity contribution in [1.29, 1.82) is 0 Å². The van der Waals surface area contributed by atoms with E-state index < -0.39 is 26.7 Å². The smallest absolute Gasteiger partial charge is 0.327 e. The molecule has 0 fully saturated rings. The largest absolute Gasteiger partial charge is 0.465 e. The van der Waals surface area contributed by atoms with Gasteiger partial charge in [0, 0.05) is 24.2 Å². The van der Waals surface area contributed by atoms with Crippen LogP contribution < -0.4 is 0 Å². The average Bonchev–Trinajstić information content (AvgIpc) is 2.72. The Balaban J connectivity index is 2.09. The highest BCUT2D eigenvalue weighted by atomic mass is 32.2. The molecule has 30 heavy (non-hydrogen) atoms. The van der Waals surface area contributed by atoms with Crippen LogP contribution in [0.25, 0.3) is 0 Å². The number of hydrogen-bond donors (Lipinski definition) is 0. The number of sulfone groups is 1. The monoisotopic (exact) mass is 433 g/mol. The first-order chi connectivity index (χ1) is 14.1. The summed E-state index contributed by atoms with van der Waals surface area (Å²) in [5.41, 5.74) is 2.69. The number of benzene rings is 1. The van der Waals surface area contributed by atoms with Crippen molar-refractivity contribution < 1.29 is 22.8 Å². The molecule has 7 heteroatoms. The predicted molar refractivity (Wildman–Crippen MR) is 118 cm³/mol. The van der Waals surface area contributed by atoms with E-state index in [0.717, 1.165) is 29.5 Å². The fraction of sp³-hybridized carbons (Fsp3) is 0.565. The molecule has 0 aliphatic carbocycles. The number of hydrogen-bond acceptors (Lipinski definition) is 6. The third kappa shape index (κ3) is 5.85. The van der Waals surface area contributed by atoms with Gasteiger partial charge in [0.15, 0.2) is 14.6 Å². The molecule has 1 heterocycles. The Kier molecular flexibility index (Phi) is 8.08. The molecule has 1 aromatic carbocycles. The Hall–Kier alpha value is -2.33. The first-order valence-corrected chi connectivity index (χ1v) is 12.2. The lowest BCUT2D eigenvalue weighted by molar-refractivity contribution is -0.147. The van der Waals surface area contributed by atoms with Crippen LogP contribution in [0.3, 0.4) is 0 Å². The SMILES string of the molecule is CCOC(=O)[C@@](C)(C[C@H]1CCC(c2ccc(C#CC(C)CC)cc2)=NO1)S(C)(=O)=O. The van der Waals surface area contributed by atoms with E-state index in [1.807, 2.05) is 24.3 Å². The minimum Gasteiger partial charge on any atom is -0.465 e. The minimum atomic E-state index is -3.69. The molecule has 1 aliphatic rings. The van der Waals surface area contributed by atoms with Crippen LogP contribution in [0, 0.1) is 17.8 Å². The second-order valence-corrected chi connectivity index (χ2v) is 10.3. The minimum absolute atomic E-state index is 0.00554. The summed E-state index contributed by atoms with van der Waals surface area (Å²) in [7, 11) is -3.69. The summed E-state index contributed by atoms with van der Waals surface area (Å²) in [5.74, 6) is 6.00. The normalized spacial score (nSPS) is 19.4. The second-order valence-electron chi connectivity index (χ2n) is 7.89. The van der Waals surface area contributed by atoms with Gasteiger partial charge in [-0.05, 0) is 50.8 Å². The highest BCUT2D eigenvalue weighted by Crippen LogP contribution is 2.30. The summed E-state index contributed by atoms with van der Waals surface area (Å²) in [6, 6.07) is 7.84. The third-order valence-corrected chi connectivity index (χ3v) is 7.42. The molecule has 0 saturated carbocycles. The molecule has 0 bridgehead atoms. The van der Waals surface area contributed by atoms with E-state index in [4.69, 9.17) is 9.57 Å². The fourth-order valence-electron chi connectivity index (χ4n) is 3.03. The van der Waals surface area contributed by atoms with E-state index in [1.54, 1.807) is 6.92 Å². The van der Waals surface area contributed by atoms with E-state index in [1.165, 1.54) is 6.92 Å². The summed E-state index contributed by atoms with van der Waals surface area (Å²) >= 11 is 0. The Morgan fingerprint density at radius 3 is 2.50 bits per heavy atom. The lowest BCUT2D eigenvalue weighted by Crippen LogP contribution is -2.47. The van der Waals surface area contributed by atoms with Gasteiger partial charge in [0.25, 0.3) is 0 Å². The second kappa shape index (κ2) is 10.1. The van der Waals surface area contributed by atoms with E-state index in [-0.39, 0.29) is 13.0 Å². The van der Waals surface area contributed by atoms with Crippen LogP contribution in [0.2, 0.25) is 0 Å². The molecule has 1 aliphatic heterocycles. The van der Waals surface area contributed by atoms with Gasteiger partial charge in [-0.1, -0.05) is 43.0 Å². The van der Waals surface area contributed by atoms with Gasteiger partial charge in [-0.25, -0.2) is 8.42 Å². The molecule has 6 nitrogen and oxygen atoms in total. The quantitative estimate of drug-likeness (QED) is 0.483. The van der Waals surface area contributed by atoms with Gasteiger partial charge in [-0.2, -0.15) is 0 Å². The van der Waals surface area contributed by atoms with Gasteiger partial charge in [-0.15, -0.1) is 0 Å². The molecule has 0 saturated heterocycles. The number of esters is 1. The van der Waals surface area contributed by atoms with E-state index in [9.17, 15) is 13.2 Å². The van der Waals surface area contributed by atoms with Crippen LogP contribution in [0.15, 0.2) is 29.4 Å². The zero-order valence-electron chi connectivity index (χ0n) is 18.4. The number of rotatable bonds is 7. The summed E-state index contributed by atoms with van der Waals surface area (Å²) in [5, 5.41) is 4.20. The lowest BCUT2D eigenvalue weighted by Gasteiger charge is -2.30. The van der Waals surface area contributed by atoms with Gasteiger partial charge in [-0.3, -0.25) is 4.79 Å². The molecular weight excluding hydrogens is 402 g/mol. The maximum absolute atomic E-state index is 12.3. The molecule has 0 aromatic heterocycles. The average molecular weight is 434 g/mol. The molecule has 1 aromatic rings. The Bertz CT molecular complexity index is 940. The number of ether oxygens (including phenoxy) is 1. The van der Waals surface area contributed by atoms with Crippen molar-refractivity contribution in [3.8, 4) is 11.8 Å². The molecule has 2 rings (SSSR count). The zero-order chi connectivity index (χ0) is 22.4. The van der Waals surface area contributed by atoms with E-state index in [0.29, 0.717) is 18.8 Å². The van der Waals surface area contributed by atoms with Gasteiger partial charge >= 0.3 is 5.97 Å². The maximum Gasteiger partial charge on any atom is 0.327 e. The molecular formula is C23H31NO5S. The van der Waals surface area contributed by atoms with Crippen LogP contribution in [0.4, 0.5) is 0 Å². The van der Waals surface area contributed by atoms with Gasteiger partial charge in [0.2, 0.25) is 0 Å². The summed E-state index contributed by atoms with van der Waals surface area (Å²) in [6.45, 7) is 7.37. The van der Waals surface area contributed by atoms with Crippen molar-refractivity contribution in [2.75, 3.05) is 12.9 Å². The van der Waals surface area contributed by atoms with Crippen molar-refractivity contribution in [3.05, 3.63) is 35.4 Å². The fourth-order valence-corrected chi connectivity index (χ4v) is 3.88. The van der Waals surface area contributed by atoms with Gasteiger partial charge in [0.1, 0.15) is 6.10 Å². The predicted octanol–water partition coefficient (Wildman–Crippen LogP) is 3.72. The lowest BCUT2D eigenvalue weighted by atomic mass is 9.95. The van der Waals surface area contributed by atoms with Crippen molar-refractivity contribution in [2.45, 2.75) is 64.2 Å². The highest BCUT2D eigenvalue weighted by Gasteiger charge is 2.47. The van der Waals surface area contributed by atoms with Crippen LogP contribution >= 0.6 is 0 Å². The summed E-state index contributed by atoms with van der Waals surface area (Å²) < 4.78 is 27.9. The molecule has 0 radical (unpaired) electrons. The molecule has 1 unspecified atom stereocenters. The first-order valence-electron chi connectivity index (χ1n) is 10.3. The van der Waals surface area contributed by atoms with Crippen molar-refractivity contribution >= 4 is 21.5 Å². The topological polar surface area (TPSA) is 82.0 Å². The summed E-state index contributed by atoms with van der Waals surface area (Å²) in [6.07, 6.45) is 2.80. The van der Waals surface area contributed by atoms with Crippen LogP contribution in [-0.4, -0.2) is 43.8 Å². The molecule has 0 N–H and O–H groups in total. The standard InChI is InChI=1S/C23H31NO5S/c1-6-17(3)8-9-18-10-12-19(13-11-18)21-15-14-20(29-24-21)16-23(4,30(5,26)27)22(25)28-7-2/h10-13,17,20H,6-7,14-16H2,1-5H3/t17?,20-,23-/m1/s1.